The lowest BCUT2D eigenvalue weighted by Gasteiger charge is -2.16. The standard InChI is InChI=1S/C20H25N3O2/c1-14-4-3-5-17(10-14)23-20(21)22-12-16-7-6-15(2)11-19(16)25-18-8-9-24-13-18/h3-7,10-11,18H,8-9,12-13H2,1-2H3,(H3,21,22,23). The Morgan fingerprint density at radius 1 is 1.24 bits per heavy atom. The first kappa shape index (κ1) is 17.3. The number of guanidine groups is 1. The Hall–Kier alpha value is -2.53. The molecular formula is C20H25N3O2. The molecular weight excluding hydrogens is 314 g/mol. The quantitative estimate of drug-likeness (QED) is 0.647. The van der Waals surface area contributed by atoms with Crippen LogP contribution in [0.2, 0.25) is 0 Å². The van der Waals surface area contributed by atoms with Gasteiger partial charge in [0.05, 0.1) is 19.8 Å². The minimum absolute atomic E-state index is 0.118. The summed E-state index contributed by atoms with van der Waals surface area (Å²) < 4.78 is 11.5. The van der Waals surface area contributed by atoms with E-state index in [0.29, 0.717) is 19.1 Å². The topological polar surface area (TPSA) is 68.9 Å². The normalized spacial score (nSPS) is 17.5. The zero-order chi connectivity index (χ0) is 17.6. The van der Waals surface area contributed by atoms with Crippen molar-refractivity contribution in [2.45, 2.75) is 32.9 Å². The number of rotatable bonds is 5. The molecule has 0 aromatic heterocycles. The van der Waals surface area contributed by atoms with Crippen LogP contribution in [-0.4, -0.2) is 25.3 Å². The Balaban J connectivity index is 1.68. The van der Waals surface area contributed by atoms with Crippen LogP contribution in [0.1, 0.15) is 23.1 Å². The Morgan fingerprint density at radius 3 is 2.84 bits per heavy atom. The highest BCUT2D eigenvalue weighted by atomic mass is 16.5. The summed E-state index contributed by atoms with van der Waals surface area (Å²) in [6, 6.07) is 14.2. The highest BCUT2D eigenvalue weighted by molar-refractivity contribution is 5.92. The van der Waals surface area contributed by atoms with Gasteiger partial charge in [0.1, 0.15) is 11.9 Å². The third-order valence-electron chi connectivity index (χ3n) is 4.11. The van der Waals surface area contributed by atoms with Gasteiger partial charge in [-0.15, -0.1) is 0 Å². The van der Waals surface area contributed by atoms with Crippen LogP contribution in [0, 0.1) is 13.8 Å². The van der Waals surface area contributed by atoms with Crippen molar-refractivity contribution in [3.05, 3.63) is 59.2 Å². The molecule has 132 valence electrons. The van der Waals surface area contributed by atoms with Crippen LogP contribution in [0.4, 0.5) is 5.69 Å². The number of nitrogens with two attached hydrogens (primary N) is 1. The van der Waals surface area contributed by atoms with E-state index in [9.17, 15) is 0 Å². The highest BCUT2D eigenvalue weighted by Gasteiger charge is 2.18. The van der Waals surface area contributed by atoms with Gasteiger partial charge in [0.2, 0.25) is 0 Å². The van der Waals surface area contributed by atoms with Gasteiger partial charge in [-0.05, 0) is 43.2 Å². The molecule has 1 aliphatic heterocycles. The van der Waals surface area contributed by atoms with Crippen LogP contribution < -0.4 is 15.8 Å². The fourth-order valence-corrected chi connectivity index (χ4v) is 2.77. The molecule has 2 aromatic carbocycles. The van der Waals surface area contributed by atoms with Crippen molar-refractivity contribution in [1.82, 2.24) is 0 Å². The van der Waals surface area contributed by atoms with E-state index in [0.717, 1.165) is 35.6 Å². The summed E-state index contributed by atoms with van der Waals surface area (Å²) in [6.45, 7) is 5.97. The summed E-state index contributed by atoms with van der Waals surface area (Å²) >= 11 is 0. The van der Waals surface area contributed by atoms with Crippen molar-refractivity contribution >= 4 is 11.6 Å². The molecule has 1 atom stereocenters. The monoisotopic (exact) mass is 339 g/mol. The van der Waals surface area contributed by atoms with Crippen LogP contribution >= 0.6 is 0 Å². The van der Waals surface area contributed by atoms with Gasteiger partial charge in [0.15, 0.2) is 5.96 Å². The maximum atomic E-state index is 6.10. The average molecular weight is 339 g/mol. The number of nitrogens with zero attached hydrogens (tertiary/aromatic N) is 1. The van der Waals surface area contributed by atoms with Crippen molar-refractivity contribution in [2.75, 3.05) is 18.5 Å². The number of aryl methyl sites for hydroxylation is 2. The molecule has 0 aliphatic carbocycles. The number of hydrogen-bond acceptors (Lipinski definition) is 3. The van der Waals surface area contributed by atoms with Gasteiger partial charge in [-0.25, -0.2) is 4.99 Å². The number of benzene rings is 2. The molecule has 1 fully saturated rings. The third-order valence-corrected chi connectivity index (χ3v) is 4.11. The van der Waals surface area contributed by atoms with E-state index < -0.39 is 0 Å². The molecule has 5 nitrogen and oxygen atoms in total. The number of anilines is 1. The summed E-state index contributed by atoms with van der Waals surface area (Å²) in [7, 11) is 0. The maximum Gasteiger partial charge on any atom is 0.193 e. The van der Waals surface area contributed by atoms with E-state index in [-0.39, 0.29) is 6.10 Å². The molecule has 0 saturated carbocycles. The van der Waals surface area contributed by atoms with Crippen LogP contribution in [0.3, 0.4) is 0 Å². The van der Waals surface area contributed by atoms with Crippen LogP contribution in [0.15, 0.2) is 47.5 Å². The van der Waals surface area contributed by atoms with Gasteiger partial charge in [-0.1, -0.05) is 24.3 Å². The predicted molar refractivity (Wildman–Crippen MR) is 101 cm³/mol. The lowest BCUT2D eigenvalue weighted by Crippen LogP contribution is -2.22. The van der Waals surface area contributed by atoms with Crippen molar-refractivity contribution in [2.24, 2.45) is 10.7 Å². The lowest BCUT2D eigenvalue weighted by atomic mass is 10.1. The molecule has 1 unspecified atom stereocenters. The smallest absolute Gasteiger partial charge is 0.193 e. The second kappa shape index (κ2) is 8.03. The van der Waals surface area contributed by atoms with Crippen molar-refractivity contribution in [3.63, 3.8) is 0 Å². The first-order valence-corrected chi connectivity index (χ1v) is 8.58. The fraction of sp³-hybridized carbons (Fsp3) is 0.350. The Bertz CT molecular complexity index is 752. The summed E-state index contributed by atoms with van der Waals surface area (Å²) in [4.78, 5) is 4.46. The minimum atomic E-state index is 0.118. The fourth-order valence-electron chi connectivity index (χ4n) is 2.77. The summed E-state index contributed by atoms with van der Waals surface area (Å²) in [6.07, 6.45) is 1.04. The Kier molecular flexibility index (Phi) is 5.56. The molecule has 1 heterocycles. The van der Waals surface area contributed by atoms with Crippen LogP contribution in [0.25, 0.3) is 0 Å². The summed E-state index contributed by atoms with van der Waals surface area (Å²) in [5, 5.41) is 3.12. The Labute approximate surface area is 148 Å². The third kappa shape index (κ3) is 4.97. The molecule has 0 amide bonds. The van der Waals surface area contributed by atoms with Crippen molar-refractivity contribution < 1.29 is 9.47 Å². The van der Waals surface area contributed by atoms with Gasteiger partial charge in [0.25, 0.3) is 0 Å². The van der Waals surface area contributed by atoms with Crippen molar-refractivity contribution in [1.29, 1.82) is 0 Å². The van der Waals surface area contributed by atoms with Gasteiger partial charge in [-0.3, -0.25) is 0 Å². The van der Waals surface area contributed by atoms with Gasteiger partial charge in [-0.2, -0.15) is 0 Å². The highest BCUT2D eigenvalue weighted by Crippen LogP contribution is 2.24. The zero-order valence-electron chi connectivity index (χ0n) is 14.8. The molecule has 0 radical (unpaired) electrons. The number of aliphatic imine (C=N–C) groups is 1. The van der Waals surface area contributed by atoms with E-state index in [4.69, 9.17) is 15.2 Å². The Morgan fingerprint density at radius 2 is 2.08 bits per heavy atom. The molecule has 2 aromatic rings. The lowest BCUT2D eigenvalue weighted by molar-refractivity contribution is 0.140. The first-order valence-electron chi connectivity index (χ1n) is 8.58. The first-order chi connectivity index (χ1) is 12.1. The molecule has 1 aliphatic rings. The summed E-state index contributed by atoms with van der Waals surface area (Å²) in [5.74, 6) is 1.25. The molecule has 5 heteroatoms. The number of ether oxygens (including phenoxy) is 2. The van der Waals surface area contributed by atoms with Crippen LogP contribution in [-0.2, 0) is 11.3 Å². The van der Waals surface area contributed by atoms with E-state index in [1.807, 2.05) is 43.3 Å². The molecule has 0 bridgehead atoms. The second-order valence-corrected chi connectivity index (χ2v) is 6.41. The van der Waals surface area contributed by atoms with Gasteiger partial charge in [0, 0.05) is 17.7 Å². The van der Waals surface area contributed by atoms with Gasteiger partial charge < -0.3 is 20.5 Å². The average Bonchev–Trinajstić information content (AvgIpc) is 3.07. The second-order valence-electron chi connectivity index (χ2n) is 6.41. The van der Waals surface area contributed by atoms with Crippen LogP contribution in [0.5, 0.6) is 5.75 Å². The van der Waals surface area contributed by atoms with E-state index in [2.05, 4.69) is 23.3 Å². The maximum absolute atomic E-state index is 6.10. The molecule has 1 saturated heterocycles. The largest absolute Gasteiger partial charge is 0.488 e. The van der Waals surface area contributed by atoms with Crippen molar-refractivity contribution in [3.8, 4) is 5.75 Å². The molecule has 0 spiro atoms. The number of hydrogen-bond donors (Lipinski definition) is 2. The zero-order valence-corrected chi connectivity index (χ0v) is 14.8. The summed E-state index contributed by atoms with van der Waals surface area (Å²) in [5.41, 5.74) is 10.3. The molecule has 3 N–H and O–H groups in total. The van der Waals surface area contributed by atoms with E-state index in [1.165, 1.54) is 5.56 Å². The SMILES string of the molecule is Cc1cccc(NC(N)=NCc2ccc(C)cc2OC2CCOC2)c1. The number of nitrogens with one attached hydrogen (secondary N) is 1. The predicted octanol–water partition coefficient (Wildman–Crippen LogP) is 3.40. The van der Waals surface area contributed by atoms with E-state index in [1.54, 1.807) is 0 Å². The molecule has 25 heavy (non-hydrogen) atoms. The van der Waals surface area contributed by atoms with E-state index >= 15 is 0 Å². The molecule has 3 rings (SSSR count). The minimum Gasteiger partial charge on any atom is -0.488 e. The van der Waals surface area contributed by atoms with Gasteiger partial charge >= 0.3 is 0 Å².